The maximum atomic E-state index is 11.3. The number of Topliss-reactive ketones (excluding diaryl/α,β-unsaturated/α-hetero) is 1. The molecule has 1 aliphatic heterocycles. The summed E-state index contributed by atoms with van der Waals surface area (Å²) >= 11 is 0. The summed E-state index contributed by atoms with van der Waals surface area (Å²) in [6, 6.07) is 5.90. The van der Waals surface area contributed by atoms with Crippen LogP contribution in [0, 0.1) is 0 Å². The zero-order valence-corrected chi connectivity index (χ0v) is 11.2. The van der Waals surface area contributed by atoms with Gasteiger partial charge in [-0.3, -0.25) is 14.5 Å². The third-order valence-corrected chi connectivity index (χ3v) is 3.52. The number of carboxylic acid groups (broad SMARTS) is 1. The van der Waals surface area contributed by atoms with Crippen LogP contribution in [0.2, 0.25) is 0 Å². The molecule has 1 aliphatic rings. The van der Waals surface area contributed by atoms with Gasteiger partial charge in [0.25, 0.3) is 0 Å². The van der Waals surface area contributed by atoms with E-state index < -0.39 is 5.97 Å². The average Bonchev–Trinajstić information content (AvgIpc) is 2.75. The maximum Gasteiger partial charge on any atom is 0.303 e. The van der Waals surface area contributed by atoms with Crippen molar-refractivity contribution < 1.29 is 14.7 Å². The first-order chi connectivity index (χ1) is 9.06. The van der Waals surface area contributed by atoms with Crippen LogP contribution in [0.25, 0.3) is 0 Å². The van der Waals surface area contributed by atoms with Crippen LogP contribution in [0.5, 0.6) is 0 Å². The van der Waals surface area contributed by atoms with Crippen LogP contribution < -0.4 is 0 Å². The Morgan fingerprint density at radius 1 is 1.21 bits per heavy atom. The van der Waals surface area contributed by atoms with E-state index in [1.165, 1.54) is 11.1 Å². The molecular weight excluding hydrogens is 242 g/mol. The summed E-state index contributed by atoms with van der Waals surface area (Å²) in [5.41, 5.74) is 3.28. The summed E-state index contributed by atoms with van der Waals surface area (Å²) in [7, 11) is 0. The molecule has 0 amide bonds. The van der Waals surface area contributed by atoms with Crippen molar-refractivity contribution >= 4 is 11.8 Å². The zero-order valence-electron chi connectivity index (χ0n) is 11.2. The molecule has 4 heteroatoms. The number of carbonyl (C=O) groups excluding carboxylic acids is 1. The van der Waals surface area contributed by atoms with Crippen LogP contribution in [0.4, 0.5) is 0 Å². The molecule has 1 aromatic carbocycles. The van der Waals surface area contributed by atoms with E-state index in [9.17, 15) is 9.59 Å². The molecule has 0 aromatic heterocycles. The van der Waals surface area contributed by atoms with Crippen molar-refractivity contribution in [3.05, 3.63) is 34.9 Å². The fourth-order valence-electron chi connectivity index (χ4n) is 2.45. The van der Waals surface area contributed by atoms with Crippen molar-refractivity contribution in [2.45, 2.75) is 39.3 Å². The van der Waals surface area contributed by atoms with Gasteiger partial charge in [-0.05, 0) is 43.5 Å². The van der Waals surface area contributed by atoms with Gasteiger partial charge in [0.1, 0.15) is 0 Å². The molecule has 1 aromatic rings. The second-order valence-electron chi connectivity index (χ2n) is 5.10. The van der Waals surface area contributed by atoms with Gasteiger partial charge < -0.3 is 5.11 Å². The summed E-state index contributed by atoms with van der Waals surface area (Å²) in [4.78, 5) is 24.1. The van der Waals surface area contributed by atoms with Gasteiger partial charge in [-0.25, -0.2) is 0 Å². The number of carboxylic acids is 1. The quantitative estimate of drug-likeness (QED) is 0.631. The minimum atomic E-state index is -0.726. The first-order valence-corrected chi connectivity index (χ1v) is 6.63. The second-order valence-corrected chi connectivity index (χ2v) is 5.10. The Morgan fingerprint density at radius 2 is 1.95 bits per heavy atom. The molecule has 0 bridgehead atoms. The molecule has 0 spiro atoms. The van der Waals surface area contributed by atoms with E-state index in [1.54, 1.807) is 6.92 Å². The van der Waals surface area contributed by atoms with Gasteiger partial charge >= 0.3 is 5.97 Å². The van der Waals surface area contributed by atoms with E-state index in [4.69, 9.17) is 5.11 Å². The van der Waals surface area contributed by atoms with Crippen LogP contribution in [0.15, 0.2) is 18.2 Å². The topological polar surface area (TPSA) is 57.6 Å². The number of ketones is 1. The third-order valence-electron chi connectivity index (χ3n) is 3.52. The minimum absolute atomic E-state index is 0.0997. The molecule has 0 saturated heterocycles. The molecule has 0 unspecified atom stereocenters. The fraction of sp³-hybridized carbons (Fsp3) is 0.467. The van der Waals surface area contributed by atoms with Gasteiger partial charge in [-0.1, -0.05) is 12.1 Å². The number of rotatable bonds is 6. The molecule has 19 heavy (non-hydrogen) atoms. The molecule has 2 rings (SSSR count). The van der Waals surface area contributed by atoms with E-state index >= 15 is 0 Å². The largest absolute Gasteiger partial charge is 0.481 e. The first kappa shape index (κ1) is 13.7. The Labute approximate surface area is 113 Å². The Hall–Kier alpha value is -1.68. The van der Waals surface area contributed by atoms with Crippen molar-refractivity contribution in [1.82, 2.24) is 4.90 Å². The molecule has 4 nitrogen and oxygen atoms in total. The molecule has 0 atom stereocenters. The predicted octanol–water partition coefficient (Wildman–Crippen LogP) is 2.46. The summed E-state index contributed by atoms with van der Waals surface area (Å²) in [5.74, 6) is -0.626. The molecule has 102 valence electrons. The van der Waals surface area contributed by atoms with Gasteiger partial charge in [0, 0.05) is 25.1 Å². The lowest BCUT2D eigenvalue weighted by Gasteiger charge is -2.13. The Bertz CT molecular complexity index is 496. The normalized spacial score (nSPS) is 14.4. The highest BCUT2D eigenvalue weighted by atomic mass is 16.4. The molecule has 0 radical (unpaired) electrons. The maximum absolute atomic E-state index is 11.3. The van der Waals surface area contributed by atoms with Crippen molar-refractivity contribution in [2.24, 2.45) is 0 Å². The van der Waals surface area contributed by atoms with Gasteiger partial charge in [-0.2, -0.15) is 0 Å². The van der Waals surface area contributed by atoms with Crippen LogP contribution in [-0.4, -0.2) is 28.3 Å². The number of aliphatic carboxylic acids is 1. The van der Waals surface area contributed by atoms with E-state index in [1.807, 2.05) is 18.2 Å². The van der Waals surface area contributed by atoms with E-state index in [-0.39, 0.29) is 12.2 Å². The van der Waals surface area contributed by atoms with Gasteiger partial charge in [0.05, 0.1) is 0 Å². The minimum Gasteiger partial charge on any atom is -0.481 e. The Morgan fingerprint density at radius 3 is 2.63 bits per heavy atom. The third kappa shape index (κ3) is 3.64. The lowest BCUT2D eigenvalue weighted by Crippen LogP contribution is -2.17. The highest BCUT2D eigenvalue weighted by Crippen LogP contribution is 2.24. The number of unbranched alkanes of at least 4 members (excludes halogenated alkanes) is 1. The second kappa shape index (κ2) is 5.97. The number of hydrogen-bond donors (Lipinski definition) is 1. The van der Waals surface area contributed by atoms with E-state index in [2.05, 4.69) is 4.90 Å². The van der Waals surface area contributed by atoms with Gasteiger partial charge in [0.15, 0.2) is 5.78 Å². The van der Waals surface area contributed by atoms with Crippen molar-refractivity contribution in [2.75, 3.05) is 6.54 Å². The van der Waals surface area contributed by atoms with Gasteiger partial charge in [-0.15, -0.1) is 0 Å². The highest BCUT2D eigenvalue weighted by molar-refractivity contribution is 5.94. The Balaban J connectivity index is 1.86. The van der Waals surface area contributed by atoms with Crippen LogP contribution >= 0.6 is 0 Å². The summed E-state index contributed by atoms with van der Waals surface area (Å²) in [5, 5.41) is 8.58. The van der Waals surface area contributed by atoms with Crippen LogP contribution in [-0.2, 0) is 17.9 Å². The van der Waals surface area contributed by atoms with Crippen molar-refractivity contribution in [3.63, 3.8) is 0 Å². The Kier molecular flexibility index (Phi) is 4.32. The zero-order chi connectivity index (χ0) is 13.8. The first-order valence-electron chi connectivity index (χ1n) is 6.63. The molecule has 0 aliphatic carbocycles. The van der Waals surface area contributed by atoms with Gasteiger partial charge in [0.2, 0.25) is 0 Å². The van der Waals surface area contributed by atoms with Crippen LogP contribution in [0.1, 0.15) is 47.7 Å². The van der Waals surface area contributed by atoms with Crippen molar-refractivity contribution in [3.8, 4) is 0 Å². The molecular formula is C15H19NO3. The van der Waals surface area contributed by atoms with Crippen LogP contribution in [0.3, 0.4) is 0 Å². The summed E-state index contributed by atoms with van der Waals surface area (Å²) in [6.07, 6.45) is 1.87. The molecule has 1 N–H and O–H groups in total. The summed E-state index contributed by atoms with van der Waals surface area (Å²) in [6.45, 7) is 4.27. The van der Waals surface area contributed by atoms with E-state index in [0.29, 0.717) is 0 Å². The smallest absolute Gasteiger partial charge is 0.303 e. The lowest BCUT2D eigenvalue weighted by atomic mass is 10.0. The predicted molar refractivity (Wildman–Crippen MR) is 72.0 cm³/mol. The number of hydrogen-bond acceptors (Lipinski definition) is 3. The van der Waals surface area contributed by atoms with Crippen molar-refractivity contribution in [1.29, 1.82) is 0 Å². The fourth-order valence-corrected chi connectivity index (χ4v) is 2.45. The standard InChI is InChI=1S/C15H19NO3/c1-11(17)12-5-6-13-9-16(10-14(13)8-12)7-3-2-4-15(18)19/h5-6,8H,2-4,7,9-10H2,1H3,(H,18,19). The molecule has 1 heterocycles. The average molecular weight is 261 g/mol. The number of benzene rings is 1. The SMILES string of the molecule is CC(=O)c1ccc2c(c1)CN(CCCCC(=O)O)C2. The highest BCUT2D eigenvalue weighted by Gasteiger charge is 2.19. The molecule has 0 saturated carbocycles. The van der Waals surface area contributed by atoms with E-state index in [0.717, 1.165) is 38.0 Å². The number of fused-ring (bicyclic) bond motifs is 1. The number of carbonyl (C=O) groups is 2. The number of nitrogens with zero attached hydrogens (tertiary/aromatic N) is 1. The molecule has 0 fully saturated rings. The monoisotopic (exact) mass is 261 g/mol. The summed E-state index contributed by atoms with van der Waals surface area (Å²) < 4.78 is 0. The lowest BCUT2D eigenvalue weighted by molar-refractivity contribution is -0.137.